The van der Waals surface area contributed by atoms with Gasteiger partial charge in [-0.3, -0.25) is 4.79 Å². The SMILES string of the molecule is C=CCNS(=O)(=O)Cc1ccc(NC(=O)c2[nH]c3ccccc3c2Br)cc1. The normalized spacial score (nSPS) is 11.4. The molecule has 1 aromatic heterocycles. The molecular formula is C19H18BrN3O3S. The van der Waals surface area contributed by atoms with Crippen LogP contribution in [0.1, 0.15) is 16.1 Å². The average Bonchev–Trinajstić information content (AvgIpc) is 2.99. The van der Waals surface area contributed by atoms with Crippen LogP contribution in [0.3, 0.4) is 0 Å². The molecule has 6 nitrogen and oxygen atoms in total. The minimum absolute atomic E-state index is 0.136. The number of benzene rings is 2. The molecule has 0 atom stereocenters. The van der Waals surface area contributed by atoms with Gasteiger partial charge in [-0.1, -0.05) is 36.4 Å². The molecule has 0 unspecified atom stereocenters. The van der Waals surface area contributed by atoms with Crippen molar-refractivity contribution in [2.75, 3.05) is 11.9 Å². The maximum Gasteiger partial charge on any atom is 0.273 e. The third-order valence-electron chi connectivity index (χ3n) is 3.89. The average molecular weight is 448 g/mol. The van der Waals surface area contributed by atoms with Crippen LogP contribution in [0.25, 0.3) is 10.9 Å². The zero-order valence-electron chi connectivity index (χ0n) is 14.3. The van der Waals surface area contributed by atoms with E-state index in [1.54, 1.807) is 24.3 Å². The number of hydrogen-bond acceptors (Lipinski definition) is 3. The fourth-order valence-electron chi connectivity index (χ4n) is 2.60. The molecule has 140 valence electrons. The quantitative estimate of drug-likeness (QED) is 0.481. The minimum Gasteiger partial charge on any atom is -0.350 e. The number of H-pyrrole nitrogens is 1. The van der Waals surface area contributed by atoms with E-state index >= 15 is 0 Å². The highest BCUT2D eigenvalue weighted by Crippen LogP contribution is 2.28. The molecule has 0 radical (unpaired) electrons. The van der Waals surface area contributed by atoms with Crippen LogP contribution in [-0.2, 0) is 15.8 Å². The van der Waals surface area contributed by atoms with Crippen LogP contribution in [0.15, 0.2) is 65.7 Å². The Balaban J connectivity index is 1.71. The molecule has 27 heavy (non-hydrogen) atoms. The van der Waals surface area contributed by atoms with Crippen molar-refractivity contribution in [2.45, 2.75) is 5.75 Å². The summed E-state index contributed by atoms with van der Waals surface area (Å²) in [6, 6.07) is 14.3. The number of nitrogens with one attached hydrogen (secondary N) is 3. The Kier molecular flexibility index (Phi) is 5.79. The number of amides is 1. The lowest BCUT2D eigenvalue weighted by atomic mass is 10.2. The molecule has 0 saturated heterocycles. The Morgan fingerprint density at radius 2 is 1.85 bits per heavy atom. The minimum atomic E-state index is -3.42. The van der Waals surface area contributed by atoms with Crippen LogP contribution >= 0.6 is 15.9 Å². The van der Waals surface area contributed by atoms with Crippen LogP contribution in [0, 0.1) is 0 Å². The number of fused-ring (bicyclic) bond motifs is 1. The zero-order chi connectivity index (χ0) is 19.4. The lowest BCUT2D eigenvalue weighted by molar-refractivity contribution is 0.102. The monoisotopic (exact) mass is 447 g/mol. The molecule has 8 heteroatoms. The smallest absolute Gasteiger partial charge is 0.273 e. The van der Waals surface area contributed by atoms with E-state index in [0.29, 0.717) is 21.4 Å². The molecule has 0 spiro atoms. The third kappa shape index (κ3) is 4.65. The second-order valence-corrected chi connectivity index (χ2v) is 8.51. The predicted molar refractivity (Wildman–Crippen MR) is 111 cm³/mol. The van der Waals surface area contributed by atoms with Crippen molar-refractivity contribution in [3.63, 3.8) is 0 Å². The first-order chi connectivity index (χ1) is 12.9. The molecule has 0 aliphatic rings. The lowest BCUT2D eigenvalue weighted by Crippen LogP contribution is -2.25. The number of carbonyl (C=O) groups excluding carboxylic acids is 1. The maximum absolute atomic E-state index is 12.5. The van der Waals surface area contributed by atoms with Crippen molar-refractivity contribution in [3.05, 3.63) is 76.9 Å². The van der Waals surface area contributed by atoms with Crippen LogP contribution < -0.4 is 10.0 Å². The lowest BCUT2D eigenvalue weighted by Gasteiger charge is -2.07. The Hall–Kier alpha value is -2.42. The highest BCUT2D eigenvalue weighted by atomic mass is 79.9. The molecule has 1 heterocycles. The Bertz CT molecular complexity index is 1090. The molecule has 0 bridgehead atoms. The molecule has 1 amide bonds. The van der Waals surface area contributed by atoms with Gasteiger partial charge in [0, 0.05) is 23.1 Å². The van der Waals surface area contributed by atoms with Crippen molar-refractivity contribution >= 4 is 48.5 Å². The van der Waals surface area contributed by atoms with E-state index in [2.05, 4.69) is 37.5 Å². The molecule has 3 aromatic rings. The molecule has 2 aromatic carbocycles. The number of rotatable bonds is 7. The summed E-state index contributed by atoms with van der Waals surface area (Å²) in [5.41, 5.74) is 2.49. The summed E-state index contributed by atoms with van der Waals surface area (Å²) in [6.45, 7) is 3.67. The molecule has 0 fully saturated rings. The Labute approximate surface area is 165 Å². The number of para-hydroxylation sites is 1. The van der Waals surface area contributed by atoms with Gasteiger partial charge in [0.15, 0.2) is 0 Å². The highest BCUT2D eigenvalue weighted by molar-refractivity contribution is 9.10. The van der Waals surface area contributed by atoms with Gasteiger partial charge in [-0.05, 0) is 39.7 Å². The Morgan fingerprint density at radius 1 is 1.15 bits per heavy atom. The number of aromatic nitrogens is 1. The van der Waals surface area contributed by atoms with Gasteiger partial charge >= 0.3 is 0 Å². The third-order valence-corrected chi connectivity index (χ3v) is 6.03. The number of aromatic amines is 1. The maximum atomic E-state index is 12.5. The molecule has 0 aliphatic carbocycles. The second-order valence-electron chi connectivity index (χ2n) is 5.91. The number of carbonyl (C=O) groups is 1. The highest BCUT2D eigenvalue weighted by Gasteiger charge is 2.16. The predicted octanol–water partition coefficient (Wildman–Crippen LogP) is 3.79. The van der Waals surface area contributed by atoms with Gasteiger partial charge in [0.1, 0.15) is 5.69 Å². The van der Waals surface area contributed by atoms with Gasteiger partial charge in [-0.2, -0.15) is 0 Å². The van der Waals surface area contributed by atoms with E-state index in [9.17, 15) is 13.2 Å². The van der Waals surface area contributed by atoms with E-state index in [4.69, 9.17) is 0 Å². The molecular weight excluding hydrogens is 430 g/mol. The zero-order valence-corrected chi connectivity index (χ0v) is 16.7. The van der Waals surface area contributed by atoms with Crippen LogP contribution in [-0.4, -0.2) is 25.9 Å². The van der Waals surface area contributed by atoms with Gasteiger partial charge in [0.2, 0.25) is 10.0 Å². The van der Waals surface area contributed by atoms with E-state index in [0.717, 1.165) is 10.9 Å². The van der Waals surface area contributed by atoms with Gasteiger partial charge in [0.05, 0.1) is 10.2 Å². The van der Waals surface area contributed by atoms with Crippen molar-refractivity contribution in [1.29, 1.82) is 0 Å². The van der Waals surface area contributed by atoms with E-state index in [1.165, 1.54) is 6.08 Å². The first kappa shape index (κ1) is 19.3. The first-order valence-electron chi connectivity index (χ1n) is 8.14. The molecule has 0 aliphatic heterocycles. The number of sulfonamides is 1. The van der Waals surface area contributed by atoms with Crippen molar-refractivity contribution in [3.8, 4) is 0 Å². The van der Waals surface area contributed by atoms with Crippen molar-refractivity contribution in [1.82, 2.24) is 9.71 Å². The number of hydrogen-bond donors (Lipinski definition) is 3. The fraction of sp³-hybridized carbons (Fsp3) is 0.105. The van der Waals surface area contributed by atoms with Gasteiger partial charge in [-0.25, -0.2) is 13.1 Å². The summed E-state index contributed by atoms with van der Waals surface area (Å²) >= 11 is 3.46. The summed E-state index contributed by atoms with van der Waals surface area (Å²) in [5.74, 6) is -0.422. The summed E-state index contributed by atoms with van der Waals surface area (Å²) in [7, 11) is -3.42. The van der Waals surface area contributed by atoms with E-state index < -0.39 is 10.0 Å². The first-order valence-corrected chi connectivity index (χ1v) is 10.6. The summed E-state index contributed by atoms with van der Waals surface area (Å²) in [4.78, 5) is 15.6. The fourth-order valence-corrected chi connectivity index (χ4v) is 4.33. The largest absolute Gasteiger partial charge is 0.350 e. The second kappa shape index (κ2) is 8.08. The number of anilines is 1. The van der Waals surface area contributed by atoms with Gasteiger partial charge in [-0.15, -0.1) is 6.58 Å². The van der Waals surface area contributed by atoms with Crippen LogP contribution in [0.5, 0.6) is 0 Å². The van der Waals surface area contributed by atoms with E-state index in [1.807, 2.05) is 24.3 Å². The Morgan fingerprint density at radius 3 is 2.52 bits per heavy atom. The molecule has 0 saturated carbocycles. The summed E-state index contributed by atoms with van der Waals surface area (Å²) < 4.78 is 26.9. The van der Waals surface area contributed by atoms with Crippen LogP contribution in [0.4, 0.5) is 5.69 Å². The van der Waals surface area contributed by atoms with E-state index in [-0.39, 0.29) is 18.2 Å². The van der Waals surface area contributed by atoms with Crippen molar-refractivity contribution in [2.24, 2.45) is 0 Å². The topological polar surface area (TPSA) is 91.1 Å². The molecule has 3 N–H and O–H groups in total. The standard InChI is InChI=1S/C19H18BrN3O3S/c1-2-11-21-27(25,26)12-13-7-9-14(10-8-13)22-19(24)18-17(20)15-5-3-4-6-16(15)23-18/h2-10,21,23H,1,11-12H2,(H,22,24). The summed E-state index contributed by atoms with van der Waals surface area (Å²) in [5, 5.41) is 3.73. The summed E-state index contributed by atoms with van der Waals surface area (Å²) in [6.07, 6.45) is 1.48. The van der Waals surface area contributed by atoms with Gasteiger partial charge < -0.3 is 10.3 Å². The molecule has 3 rings (SSSR count). The van der Waals surface area contributed by atoms with Crippen LogP contribution in [0.2, 0.25) is 0 Å². The van der Waals surface area contributed by atoms with Crippen molar-refractivity contribution < 1.29 is 13.2 Å². The van der Waals surface area contributed by atoms with Gasteiger partial charge in [0.25, 0.3) is 5.91 Å². The number of halogens is 1.